The van der Waals surface area contributed by atoms with E-state index in [1.807, 2.05) is 13.0 Å². The Morgan fingerprint density at radius 2 is 2.00 bits per heavy atom. The summed E-state index contributed by atoms with van der Waals surface area (Å²) in [5, 5.41) is 6.58. The highest BCUT2D eigenvalue weighted by Crippen LogP contribution is 2.19. The lowest BCUT2D eigenvalue weighted by Crippen LogP contribution is -2.24. The molecule has 1 aromatic heterocycles. The van der Waals surface area contributed by atoms with Crippen molar-refractivity contribution in [2.45, 2.75) is 32.2 Å². The average molecular weight is 294 g/mol. The quantitative estimate of drug-likeness (QED) is 0.742. The molecule has 0 unspecified atom stereocenters. The van der Waals surface area contributed by atoms with Crippen LogP contribution in [0.5, 0.6) is 0 Å². The molecule has 0 radical (unpaired) electrons. The number of hydrogen-bond donors (Lipinski definition) is 3. The van der Waals surface area contributed by atoms with Crippen LogP contribution in [-0.4, -0.2) is 18.6 Å². The van der Waals surface area contributed by atoms with Crippen LogP contribution in [-0.2, 0) is 16.6 Å². The van der Waals surface area contributed by atoms with Crippen LogP contribution in [0, 0.1) is 20.8 Å². The minimum atomic E-state index is -3.59. The molecule has 0 aliphatic rings. The van der Waals surface area contributed by atoms with Crippen LogP contribution in [0.1, 0.15) is 22.5 Å². The molecule has 1 aromatic carbocycles. The lowest BCUT2D eigenvalue weighted by Gasteiger charge is -2.10. The van der Waals surface area contributed by atoms with Gasteiger partial charge >= 0.3 is 0 Å². The number of aromatic nitrogens is 2. The Balaban J connectivity index is 2.24. The Bertz CT molecular complexity index is 715. The molecule has 0 saturated carbocycles. The second-order valence-corrected chi connectivity index (χ2v) is 6.42. The second kappa shape index (κ2) is 5.26. The van der Waals surface area contributed by atoms with Gasteiger partial charge in [0.25, 0.3) is 0 Å². The largest absolute Gasteiger partial charge is 0.399 e. The molecule has 0 spiro atoms. The highest BCUT2D eigenvalue weighted by Gasteiger charge is 2.22. The van der Waals surface area contributed by atoms with Gasteiger partial charge < -0.3 is 5.73 Å². The van der Waals surface area contributed by atoms with Crippen LogP contribution in [0.4, 0.5) is 5.69 Å². The van der Waals surface area contributed by atoms with Gasteiger partial charge in [0.15, 0.2) is 0 Å². The first-order valence-electron chi connectivity index (χ1n) is 6.18. The fourth-order valence-electron chi connectivity index (χ4n) is 2.08. The lowest BCUT2D eigenvalue weighted by atomic mass is 10.1. The zero-order chi connectivity index (χ0) is 14.9. The molecule has 2 rings (SSSR count). The third-order valence-corrected chi connectivity index (χ3v) is 4.93. The average Bonchev–Trinajstić information content (AvgIpc) is 2.71. The monoisotopic (exact) mass is 294 g/mol. The molecule has 20 heavy (non-hydrogen) atoms. The van der Waals surface area contributed by atoms with Gasteiger partial charge in [0, 0.05) is 12.2 Å². The first-order valence-corrected chi connectivity index (χ1v) is 7.66. The van der Waals surface area contributed by atoms with Crippen LogP contribution in [0.25, 0.3) is 0 Å². The number of sulfonamides is 1. The van der Waals surface area contributed by atoms with E-state index in [4.69, 9.17) is 5.73 Å². The normalized spacial score (nSPS) is 11.8. The van der Waals surface area contributed by atoms with E-state index in [0.717, 1.165) is 11.1 Å². The van der Waals surface area contributed by atoms with Crippen LogP contribution < -0.4 is 10.5 Å². The lowest BCUT2D eigenvalue weighted by molar-refractivity contribution is 0.580. The molecule has 0 aliphatic heterocycles. The van der Waals surface area contributed by atoms with Gasteiger partial charge in [0.05, 0.1) is 11.4 Å². The number of nitrogens with zero attached hydrogens (tertiary/aromatic N) is 1. The van der Waals surface area contributed by atoms with Crippen LogP contribution >= 0.6 is 0 Å². The summed E-state index contributed by atoms with van der Waals surface area (Å²) in [6.45, 7) is 5.40. The van der Waals surface area contributed by atoms with Crippen molar-refractivity contribution < 1.29 is 8.42 Å². The van der Waals surface area contributed by atoms with E-state index in [-0.39, 0.29) is 11.4 Å². The predicted octanol–water partition coefficient (Wildman–Crippen LogP) is 1.40. The van der Waals surface area contributed by atoms with Crippen molar-refractivity contribution in [1.29, 1.82) is 0 Å². The highest BCUT2D eigenvalue weighted by atomic mass is 32.2. The third-order valence-electron chi connectivity index (χ3n) is 3.27. The molecule has 6 nitrogen and oxygen atoms in total. The van der Waals surface area contributed by atoms with Gasteiger partial charge in [-0.1, -0.05) is 12.1 Å². The Labute approximate surface area is 118 Å². The van der Waals surface area contributed by atoms with E-state index in [0.29, 0.717) is 17.1 Å². The summed E-state index contributed by atoms with van der Waals surface area (Å²) < 4.78 is 27.2. The number of aryl methyl sites for hydroxylation is 2. The van der Waals surface area contributed by atoms with E-state index in [2.05, 4.69) is 14.9 Å². The summed E-state index contributed by atoms with van der Waals surface area (Å²) in [7, 11) is -3.59. The molecular formula is C13H18N4O2S. The second-order valence-electron chi connectivity index (χ2n) is 4.72. The number of hydrogen-bond acceptors (Lipinski definition) is 4. The van der Waals surface area contributed by atoms with Crippen molar-refractivity contribution in [1.82, 2.24) is 14.9 Å². The predicted molar refractivity (Wildman–Crippen MR) is 77.7 cm³/mol. The third kappa shape index (κ3) is 2.68. The van der Waals surface area contributed by atoms with Gasteiger partial charge in [0.1, 0.15) is 4.90 Å². The molecule has 0 bridgehead atoms. The summed E-state index contributed by atoms with van der Waals surface area (Å²) >= 11 is 0. The number of nitrogens with two attached hydrogens (primary N) is 1. The molecule has 108 valence electrons. The zero-order valence-corrected chi connectivity index (χ0v) is 12.5. The summed E-state index contributed by atoms with van der Waals surface area (Å²) in [5.74, 6) is 0. The van der Waals surface area contributed by atoms with Gasteiger partial charge in [-0.25, -0.2) is 13.1 Å². The van der Waals surface area contributed by atoms with Gasteiger partial charge in [0.2, 0.25) is 10.0 Å². The SMILES string of the molecule is Cc1n[nH]c(C)c1S(=O)(=O)NCc1cccc(N)c1C. The number of H-pyrrole nitrogens is 1. The minimum absolute atomic E-state index is 0.198. The summed E-state index contributed by atoms with van der Waals surface area (Å²) in [6, 6.07) is 5.45. The van der Waals surface area contributed by atoms with Gasteiger partial charge in [-0.2, -0.15) is 5.10 Å². The van der Waals surface area contributed by atoms with E-state index >= 15 is 0 Å². The van der Waals surface area contributed by atoms with Gasteiger partial charge in [-0.15, -0.1) is 0 Å². The summed E-state index contributed by atoms with van der Waals surface area (Å²) in [5.41, 5.74) is 9.18. The summed E-state index contributed by atoms with van der Waals surface area (Å²) in [4.78, 5) is 0.207. The molecule has 4 N–H and O–H groups in total. The van der Waals surface area contributed by atoms with Crippen LogP contribution in [0.3, 0.4) is 0 Å². The van der Waals surface area contributed by atoms with Crippen molar-refractivity contribution >= 4 is 15.7 Å². The first-order chi connectivity index (χ1) is 9.33. The van der Waals surface area contributed by atoms with Crippen molar-refractivity contribution in [2.24, 2.45) is 0 Å². The van der Waals surface area contributed by atoms with Gasteiger partial charge in [-0.05, 0) is 38.0 Å². The van der Waals surface area contributed by atoms with E-state index < -0.39 is 10.0 Å². The zero-order valence-electron chi connectivity index (χ0n) is 11.7. The minimum Gasteiger partial charge on any atom is -0.399 e. The van der Waals surface area contributed by atoms with Crippen molar-refractivity contribution in [3.8, 4) is 0 Å². The molecule has 0 aliphatic carbocycles. The molecule has 0 atom stereocenters. The van der Waals surface area contributed by atoms with Crippen LogP contribution in [0.15, 0.2) is 23.1 Å². The molecular weight excluding hydrogens is 276 g/mol. The first kappa shape index (κ1) is 14.5. The van der Waals surface area contributed by atoms with Crippen molar-refractivity contribution in [3.05, 3.63) is 40.7 Å². The number of rotatable bonds is 4. The van der Waals surface area contributed by atoms with Crippen molar-refractivity contribution in [3.63, 3.8) is 0 Å². The topological polar surface area (TPSA) is 101 Å². The molecule has 7 heteroatoms. The van der Waals surface area contributed by atoms with E-state index in [1.54, 1.807) is 26.0 Å². The molecule has 0 saturated heterocycles. The molecule has 0 fully saturated rings. The molecule has 0 amide bonds. The number of nitrogens with one attached hydrogen (secondary N) is 2. The molecule has 2 aromatic rings. The van der Waals surface area contributed by atoms with Crippen molar-refractivity contribution in [2.75, 3.05) is 5.73 Å². The fraction of sp³-hybridized carbons (Fsp3) is 0.308. The fourth-order valence-corrected chi connectivity index (χ4v) is 3.45. The Morgan fingerprint density at radius 1 is 1.30 bits per heavy atom. The Kier molecular flexibility index (Phi) is 3.82. The smallest absolute Gasteiger partial charge is 0.244 e. The maximum Gasteiger partial charge on any atom is 0.244 e. The highest BCUT2D eigenvalue weighted by molar-refractivity contribution is 7.89. The standard InChI is InChI=1S/C13H18N4O2S/c1-8-11(5-4-6-12(8)14)7-15-20(18,19)13-9(2)16-17-10(13)3/h4-6,15H,7,14H2,1-3H3,(H,16,17). The van der Waals surface area contributed by atoms with E-state index in [1.165, 1.54) is 0 Å². The number of anilines is 1. The van der Waals surface area contributed by atoms with Gasteiger partial charge in [-0.3, -0.25) is 5.10 Å². The maximum absolute atomic E-state index is 12.3. The maximum atomic E-state index is 12.3. The van der Waals surface area contributed by atoms with Crippen LogP contribution in [0.2, 0.25) is 0 Å². The number of nitrogen functional groups attached to an aromatic ring is 1. The molecule has 1 heterocycles. The Hall–Kier alpha value is -1.86. The number of benzene rings is 1. The number of aromatic amines is 1. The summed E-state index contributed by atoms with van der Waals surface area (Å²) in [6.07, 6.45) is 0. The van der Waals surface area contributed by atoms with E-state index in [9.17, 15) is 8.42 Å². The Morgan fingerprint density at radius 3 is 2.60 bits per heavy atom.